The van der Waals surface area contributed by atoms with Crippen LogP contribution in [0.15, 0.2) is 18.2 Å². The van der Waals surface area contributed by atoms with Gasteiger partial charge in [-0.2, -0.15) is 0 Å². The molecule has 1 aliphatic heterocycles. The van der Waals surface area contributed by atoms with Crippen molar-refractivity contribution in [1.29, 1.82) is 0 Å². The number of carbonyl (C=O) groups is 1. The van der Waals surface area contributed by atoms with E-state index in [9.17, 15) is 14.9 Å². The first kappa shape index (κ1) is 15.3. The summed E-state index contributed by atoms with van der Waals surface area (Å²) in [6, 6.07) is 5.03. The molecule has 1 aliphatic rings. The predicted octanol–water partition coefficient (Wildman–Crippen LogP) is 2.93. The van der Waals surface area contributed by atoms with Crippen molar-refractivity contribution in [3.63, 3.8) is 0 Å². The highest BCUT2D eigenvalue weighted by molar-refractivity contribution is 5.77. The van der Waals surface area contributed by atoms with Crippen LogP contribution in [0, 0.1) is 10.1 Å². The summed E-state index contributed by atoms with van der Waals surface area (Å²) in [5, 5.41) is 14.3. The smallest absolute Gasteiger partial charge is 0.292 e. The number of amides is 1. The van der Waals surface area contributed by atoms with Crippen molar-refractivity contribution in [3.05, 3.63) is 33.9 Å². The van der Waals surface area contributed by atoms with Crippen molar-refractivity contribution >= 4 is 17.3 Å². The average Bonchev–Trinajstić information content (AvgIpc) is 2.48. The lowest BCUT2D eigenvalue weighted by Gasteiger charge is -2.27. The third kappa shape index (κ3) is 3.71. The summed E-state index contributed by atoms with van der Waals surface area (Å²) in [5.74, 6) is 0.134. The van der Waals surface area contributed by atoms with Gasteiger partial charge in [0.15, 0.2) is 0 Å². The molecule has 1 aromatic carbocycles. The first-order valence-corrected chi connectivity index (χ1v) is 7.41. The zero-order valence-electron chi connectivity index (χ0n) is 12.3. The third-order valence-corrected chi connectivity index (χ3v) is 3.66. The van der Waals surface area contributed by atoms with Gasteiger partial charge in [-0.3, -0.25) is 14.9 Å². The fraction of sp³-hybridized carbons (Fsp3) is 0.533. The molecule has 0 saturated carbocycles. The molecule has 1 fully saturated rings. The molecule has 0 spiro atoms. The maximum Gasteiger partial charge on any atom is 0.292 e. The molecule has 2 rings (SSSR count). The van der Waals surface area contributed by atoms with E-state index in [0.717, 1.165) is 31.4 Å². The molecule has 0 radical (unpaired) electrons. The zero-order chi connectivity index (χ0) is 15.2. The lowest BCUT2D eigenvalue weighted by Crippen LogP contribution is -2.34. The van der Waals surface area contributed by atoms with Gasteiger partial charge in [-0.25, -0.2) is 0 Å². The monoisotopic (exact) mass is 291 g/mol. The van der Waals surface area contributed by atoms with Crippen LogP contribution in [0.5, 0.6) is 0 Å². The van der Waals surface area contributed by atoms with Gasteiger partial charge in [0.2, 0.25) is 5.91 Å². The topological polar surface area (TPSA) is 75.5 Å². The highest BCUT2D eigenvalue weighted by Gasteiger charge is 2.22. The van der Waals surface area contributed by atoms with Crippen LogP contribution in [-0.4, -0.2) is 28.8 Å². The maximum absolute atomic E-state index is 11.9. The van der Waals surface area contributed by atoms with Gasteiger partial charge in [0, 0.05) is 37.7 Å². The Bertz CT molecular complexity index is 531. The first-order chi connectivity index (χ1) is 10.1. The molecular weight excluding hydrogens is 270 g/mol. The van der Waals surface area contributed by atoms with Crippen molar-refractivity contribution in [1.82, 2.24) is 4.90 Å². The summed E-state index contributed by atoms with van der Waals surface area (Å²) in [6.45, 7) is 3.85. The number of nitro benzene ring substituents is 1. The van der Waals surface area contributed by atoms with Crippen LogP contribution in [-0.2, 0) is 11.3 Å². The highest BCUT2D eigenvalue weighted by atomic mass is 16.6. The standard InChI is InChI=1S/C15H21N3O3/c1-2-9-16-15-12(6-5-7-13(15)18(20)21)11-17-10-4-3-8-14(17)19/h5-7,16H,2-4,8-11H2,1H3. The number of rotatable bonds is 6. The summed E-state index contributed by atoms with van der Waals surface area (Å²) in [4.78, 5) is 24.5. The SMILES string of the molecule is CCCNc1c(CN2CCCCC2=O)cccc1[N+](=O)[O-]. The minimum Gasteiger partial charge on any atom is -0.379 e. The molecule has 6 heteroatoms. The number of anilines is 1. The summed E-state index contributed by atoms with van der Waals surface area (Å²) in [6.07, 6.45) is 3.39. The Morgan fingerprint density at radius 1 is 1.38 bits per heavy atom. The van der Waals surface area contributed by atoms with Gasteiger partial charge in [-0.05, 0) is 19.3 Å². The first-order valence-electron chi connectivity index (χ1n) is 7.41. The van der Waals surface area contributed by atoms with Gasteiger partial charge < -0.3 is 10.2 Å². The molecule has 0 aliphatic carbocycles. The molecule has 1 saturated heterocycles. The fourth-order valence-corrected chi connectivity index (χ4v) is 2.56. The van der Waals surface area contributed by atoms with E-state index < -0.39 is 0 Å². The largest absolute Gasteiger partial charge is 0.379 e. The van der Waals surface area contributed by atoms with E-state index in [2.05, 4.69) is 5.32 Å². The Hall–Kier alpha value is -2.11. The van der Waals surface area contributed by atoms with Gasteiger partial charge in [0.05, 0.1) is 4.92 Å². The number of benzene rings is 1. The van der Waals surface area contributed by atoms with E-state index in [0.29, 0.717) is 25.2 Å². The van der Waals surface area contributed by atoms with Crippen LogP contribution >= 0.6 is 0 Å². The van der Waals surface area contributed by atoms with Crippen molar-refractivity contribution in [3.8, 4) is 0 Å². The fourth-order valence-electron chi connectivity index (χ4n) is 2.56. The number of nitro groups is 1. The number of carbonyl (C=O) groups excluding carboxylic acids is 1. The molecule has 21 heavy (non-hydrogen) atoms. The molecule has 0 atom stereocenters. The van der Waals surface area contributed by atoms with Crippen LogP contribution in [0.2, 0.25) is 0 Å². The average molecular weight is 291 g/mol. The van der Waals surface area contributed by atoms with Crippen LogP contribution in [0.3, 0.4) is 0 Å². The summed E-state index contributed by atoms with van der Waals surface area (Å²) in [5.41, 5.74) is 1.43. The normalized spacial score (nSPS) is 15.1. The molecule has 0 aromatic heterocycles. The molecule has 0 unspecified atom stereocenters. The lowest BCUT2D eigenvalue weighted by atomic mass is 10.1. The number of nitrogens with one attached hydrogen (secondary N) is 1. The van der Waals surface area contributed by atoms with E-state index in [1.165, 1.54) is 6.07 Å². The van der Waals surface area contributed by atoms with Gasteiger partial charge >= 0.3 is 0 Å². The van der Waals surface area contributed by atoms with E-state index in [-0.39, 0.29) is 16.5 Å². The second-order valence-corrected chi connectivity index (χ2v) is 5.27. The number of para-hydroxylation sites is 1. The summed E-state index contributed by atoms with van der Waals surface area (Å²) < 4.78 is 0. The molecule has 1 amide bonds. The van der Waals surface area contributed by atoms with E-state index in [1.54, 1.807) is 11.0 Å². The Morgan fingerprint density at radius 3 is 2.86 bits per heavy atom. The predicted molar refractivity (Wildman–Crippen MR) is 81.1 cm³/mol. The Labute approximate surface area is 124 Å². The van der Waals surface area contributed by atoms with Crippen LogP contribution in [0.25, 0.3) is 0 Å². The molecule has 1 aromatic rings. The molecule has 114 valence electrons. The quantitative estimate of drug-likeness (QED) is 0.646. The van der Waals surface area contributed by atoms with Gasteiger partial charge in [0.1, 0.15) is 5.69 Å². The van der Waals surface area contributed by atoms with Gasteiger partial charge in [-0.15, -0.1) is 0 Å². The lowest BCUT2D eigenvalue weighted by molar-refractivity contribution is -0.384. The van der Waals surface area contributed by atoms with Crippen LogP contribution in [0.4, 0.5) is 11.4 Å². The minimum atomic E-state index is -0.375. The van der Waals surface area contributed by atoms with Crippen molar-refractivity contribution in [2.45, 2.75) is 39.2 Å². The number of likely N-dealkylation sites (tertiary alicyclic amines) is 1. The second-order valence-electron chi connectivity index (χ2n) is 5.27. The number of piperidine rings is 1. The van der Waals surface area contributed by atoms with E-state index in [1.807, 2.05) is 13.0 Å². The Morgan fingerprint density at radius 2 is 2.19 bits per heavy atom. The van der Waals surface area contributed by atoms with Gasteiger partial charge in [-0.1, -0.05) is 19.1 Å². The molecule has 1 heterocycles. The van der Waals surface area contributed by atoms with Crippen LogP contribution in [0.1, 0.15) is 38.2 Å². The Balaban J connectivity index is 2.26. The summed E-state index contributed by atoms with van der Waals surface area (Å²) in [7, 11) is 0. The Kier molecular flexibility index (Phi) is 5.14. The highest BCUT2D eigenvalue weighted by Crippen LogP contribution is 2.30. The number of hydrogen-bond donors (Lipinski definition) is 1. The third-order valence-electron chi connectivity index (χ3n) is 3.66. The van der Waals surface area contributed by atoms with Gasteiger partial charge in [0.25, 0.3) is 5.69 Å². The number of hydrogen-bond acceptors (Lipinski definition) is 4. The molecular formula is C15H21N3O3. The maximum atomic E-state index is 11.9. The van der Waals surface area contributed by atoms with Crippen molar-refractivity contribution in [2.24, 2.45) is 0 Å². The minimum absolute atomic E-state index is 0.0745. The zero-order valence-corrected chi connectivity index (χ0v) is 12.3. The van der Waals surface area contributed by atoms with Crippen molar-refractivity contribution < 1.29 is 9.72 Å². The van der Waals surface area contributed by atoms with Crippen molar-refractivity contribution in [2.75, 3.05) is 18.4 Å². The summed E-state index contributed by atoms with van der Waals surface area (Å²) >= 11 is 0. The molecule has 0 bridgehead atoms. The van der Waals surface area contributed by atoms with E-state index in [4.69, 9.17) is 0 Å². The second kappa shape index (κ2) is 7.06. The molecule has 1 N–H and O–H groups in total. The molecule has 6 nitrogen and oxygen atoms in total. The van der Waals surface area contributed by atoms with E-state index >= 15 is 0 Å². The van der Waals surface area contributed by atoms with Crippen LogP contribution < -0.4 is 5.32 Å². The number of nitrogens with zero attached hydrogens (tertiary/aromatic N) is 2.